The van der Waals surface area contributed by atoms with E-state index in [2.05, 4.69) is 0 Å². The average Bonchev–Trinajstić information content (AvgIpc) is 2.18. The van der Waals surface area contributed by atoms with E-state index >= 15 is 0 Å². The molecule has 3 heteroatoms. The predicted octanol–water partition coefficient (Wildman–Crippen LogP) is 1.56. The highest BCUT2D eigenvalue weighted by Crippen LogP contribution is 2.26. The highest BCUT2D eigenvalue weighted by atomic mass is 16.3. The van der Waals surface area contributed by atoms with E-state index in [1.54, 1.807) is 27.7 Å². The first-order chi connectivity index (χ1) is 6.86. The zero-order valence-electron chi connectivity index (χ0n) is 9.55. The van der Waals surface area contributed by atoms with E-state index in [1.165, 1.54) is 0 Å². The molecule has 0 saturated heterocycles. The number of carbonyl (C=O) groups is 2. The van der Waals surface area contributed by atoms with Gasteiger partial charge in [0, 0.05) is 28.7 Å². The Morgan fingerprint density at radius 3 is 1.93 bits per heavy atom. The number of ketones is 2. The van der Waals surface area contributed by atoms with Crippen molar-refractivity contribution in [2.45, 2.75) is 40.2 Å². The fourth-order valence-corrected chi connectivity index (χ4v) is 1.70. The van der Waals surface area contributed by atoms with Crippen LogP contribution in [0.3, 0.4) is 0 Å². The van der Waals surface area contributed by atoms with Crippen LogP contribution in [0.1, 0.15) is 34.1 Å². The Kier molecular flexibility index (Phi) is 3.25. The summed E-state index contributed by atoms with van der Waals surface area (Å²) in [5, 5.41) is 9.26. The van der Waals surface area contributed by atoms with Crippen LogP contribution in [0, 0.1) is 0 Å². The molecule has 0 bridgehead atoms. The van der Waals surface area contributed by atoms with Crippen LogP contribution in [0.15, 0.2) is 22.3 Å². The lowest BCUT2D eigenvalue weighted by Crippen LogP contribution is -2.22. The first kappa shape index (κ1) is 11.9. The molecular weight excluding hydrogens is 192 g/mol. The Hall–Kier alpha value is -1.22. The smallest absolute Gasteiger partial charge is 0.185 e. The SMILES string of the molecule is CC1=C(C)C(=O)C(CC(C)O)=C(C)C1=O. The van der Waals surface area contributed by atoms with Crippen LogP contribution in [-0.4, -0.2) is 22.8 Å². The molecule has 0 aromatic rings. The summed E-state index contributed by atoms with van der Waals surface area (Å²) in [5.74, 6) is -0.187. The van der Waals surface area contributed by atoms with E-state index < -0.39 is 6.10 Å². The number of aliphatic hydroxyl groups excluding tert-OH is 1. The Morgan fingerprint density at radius 2 is 1.47 bits per heavy atom. The van der Waals surface area contributed by atoms with Gasteiger partial charge in [0.1, 0.15) is 0 Å². The van der Waals surface area contributed by atoms with Gasteiger partial charge >= 0.3 is 0 Å². The molecule has 1 aliphatic rings. The van der Waals surface area contributed by atoms with E-state index in [0.29, 0.717) is 22.3 Å². The van der Waals surface area contributed by atoms with Crippen molar-refractivity contribution in [3.8, 4) is 0 Å². The molecule has 0 radical (unpaired) electrons. The molecule has 3 nitrogen and oxygen atoms in total. The second kappa shape index (κ2) is 4.11. The third-order valence-corrected chi connectivity index (χ3v) is 2.81. The molecule has 1 rings (SSSR count). The van der Waals surface area contributed by atoms with E-state index in [-0.39, 0.29) is 18.0 Å². The van der Waals surface area contributed by atoms with Gasteiger partial charge < -0.3 is 5.11 Å². The van der Waals surface area contributed by atoms with E-state index in [0.717, 1.165) is 0 Å². The number of allylic oxidation sites excluding steroid dienone is 3. The third kappa shape index (κ3) is 2.07. The number of carbonyl (C=O) groups excluding carboxylic acids is 2. The molecular formula is C12H16O3. The molecule has 0 spiro atoms. The topological polar surface area (TPSA) is 54.4 Å². The van der Waals surface area contributed by atoms with Crippen molar-refractivity contribution in [1.82, 2.24) is 0 Å². The lowest BCUT2D eigenvalue weighted by atomic mass is 9.84. The fourth-order valence-electron chi connectivity index (χ4n) is 1.70. The molecule has 0 heterocycles. The van der Waals surface area contributed by atoms with Crippen LogP contribution in [0.25, 0.3) is 0 Å². The number of rotatable bonds is 2. The molecule has 0 saturated carbocycles. The van der Waals surface area contributed by atoms with Crippen molar-refractivity contribution in [3.05, 3.63) is 22.3 Å². The Balaban J connectivity index is 3.17. The van der Waals surface area contributed by atoms with Crippen molar-refractivity contribution in [1.29, 1.82) is 0 Å². The van der Waals surface area contributed by atoms with Crippen molar-refractivity contribution in [2.24, 2.45) is 0 Å². The summed E-state index contributed by atoms with van der Waals surface area (Å²) < 4.78 is 0. The molecule has 15 heavy (non-hydrogen) atoms. The number of hydrogen-bond acceptors (Lipinski definition) is 3. The molecule has 1 N–H and O–H groups in total. The molecule has 0 aromatic heterocycles. The molecule has 0 aromatic carbocycles. The number of hydrogen-bond donors (Lipinski definition) is 1. The van der Waals surface area contributed by atoms with Gasteiger partial charge in [-0.2, -0.15) is 0 Å². The Labute approximate surface area is 89.5 Å². The summed E-state index contributed by atoms with van der Waals surface area (Å²) in [6, 6.07) is 0. The van der Waals surface area contributed by atoms with Crippen LogP contribution in [0.5, 0.6) is 0 Å². The average molecular weight is 208 g/mol. The van der Waals surface area contributed by atoms with Gasteiger partial charge in [-0.3, -0.25) is 9.59 Å². The first-order valence-corrected chi connectivity index (χ1v) is 5.01. The van der Waals surface area contributed by atoms with Gasteiger partial charge in [0.2, 0.25) is 0 Å². The van der Waals surface area contributed by atoms with Crippen LogP contribution in [0.4, 0.5) is 0 Å². The number of Topliss-reactive ketones (excluding diaryl/α,β-unsaturated/α-hetero) is 2. The minimum atomic E-state index is -0.599. The van der Waals surface area contributed by atoms with Crippen molar-refractivity contribution in [3.63, 3.8) is 0 Å². The zero-order chi connectivity index (χ0) is 11.7. The minimum Gasteiger partial charge on any atom is -0.393 e. The summed E-state index contributed by atoms with van der Waals surface area (Å²) >= 11 is 0. The monoisotopic (exact) mass is 208 g/mol. The third-order valence-electron chi connectivity index (χ3n) is 2.81. The largest absolute Gasteiger partial charge is 0.393 e. The van der Waals surface area contributed by atoms with Crippen LogP contribution >= 0.6 is 0 Å². The second-order valence-electron chi connectivity index (χ2n) is 4.06. The summed E-state index contributed by atoms with van der Waals surface area (Å²) in [6.45, 7) is 6.58. The lowest BCUT2D eigenvalue weighted by molar-refractivity contribution is -0.116. The number of aliphatic hydroxyl groups is 1. The normalized spacial score (nSPS) is 20.1. The van der Waals surface area contributed by atoms with Gasteiger partial charge in [0.15, 0.2) is 11.6 Å². The molecule has 0 amide bonds. The van der Waals surface area contributed by atoms with Crippen molar-refractivity contribution < 1.29 is 14.7 Å². The molecule has 1 atom stereocenters. The van der Waals surface area contributed by atoms with Crippen LogP contribution < -0.4 is 0 Å². The maximum Gasteiger partial charge on any atom is 0.185 e. The molecule has 0 fully saturated rings. The maximum absolute atomic E-state index is 11.8. The highest BCUT2D eigenvalue weighted by Gasteiger charge is 2.27. The van der Waals surface area contributed by atoms with Crippen molar-refractivity contribution >= 4 is 11.6 Å². The van der Waals surface area contributed by atoms with Gasteiger partial charge in [-0.25, -0.2) is 0 Å². The second-order valence-corrected chi connectivity index (χ2v) is 4.06. The minimum absolute atomic E-state index is 0.0808. The summed E-state index contributed by atoms with van der Waals surface area (Å²) in [6.07, 6.45) is -0.348. The zero-order valence-corrected chi connectivity index (χ0v) is 9.55. The van der Waals surface area contributed by atoms with Gasteiger partial charge in [0.05, 0.1) is 6.10 Å². The molecule has 1 unspecified atom stereocenters. The lowest BCUT2D eigenvalue weighted by Gasteiger charge is -2.19. The fraction of sp³-hybridized carbons (Fsp3) is 0.500. The summed E-state index contributed by atoms with van der Waals surface area (Å²) in [5.41, 5.74) is 1.95. The summed E-state index contributed by atoms with van der Waals surface area (Å²) in [7, 11) is 0. The van der Waals surface area contributed by atoms with Gasteiger partial charge in [0.25, 0.3) is 0 Å². The Bertz CT molecular complexity index is 384. The van der Waals surface area contributed by atoms with E-state index in [9.17, 15) is 14.7 Å². The quantitative estimate of drug-likeness (QED) is 0.701. The van der Waals surface area contributed by atoms with E-state index in [1.807, 2.05) is 0 Å². The molecule has 1 aliphatic carbocycles. The van der Waals surface area contributed by atoms with E-state index in [4.69, 9.17) is 0 Å². The summed E-state index contributed by atoms with van der Waals surface area (Å²) in [4.78, 5) is 23.6. The van der Waals surface area contributed by atoms with Gasteiger partial charge in [-0.1, -0.05) is 0 Å². The van der Waals surface area contributed by atoms with Gasteiger partial charge in [-0.05, 0) is 27.7 Å². The highest BCUT2D eigenvalue weighted by molar-refractivity contribution is 6.24. The maximum atomic E-state index is 11.8. The van der Waals surface area contributed by atoms with Crippen molar-refractivity contribution in [2.75, 3.05) is 0 Å². The standard InChI is InChI=1S/C12H16O3/c1-6(13)5-10-9(4)11(14)7(2)8(3)12(10)15/h6,13H,5H2,1-4H3. The first-order valence-electron chi connectivity index (χ1n) is 5.01. The van der Waals surface area contributed by atoms with Gasteiger partial charge in [-0.15, -0.1) is 0 Å². The molecule has 0 aliphatic heterocycles. The van der Waals surface area contributed by atoms with Crippen LogP contribution in [0.2, 0.25) is 0 Å². The van der Waals surface area contributed by atoms with Crippen LogP contribution in [-0.2, 0) is 9.59 Å². The Morgan fingerprint density at radius 1 is 1.00 bits per heavy atom. The predicted molar refractivity (Wildman–Crippen MR) is 57.4 cm³/mol. The molecule has 82 valence electrons.